The molecule has 0 aliphatic rings. The highest BCUT2D eigenvalue weighted by Crippen LogP contribution is 2.32. The second kappa shape index (κ2) is 6.44. The van der Waals surface area contributed by atoms with E-state index in [1.807, 2.05) is 24.3 Å². The van der Waals surface area contributed by atoms with Crippen LogP contribution in [0.2, 0.25) is 10.0 Å². The first-order valence-corrected chi connectivity index (χ1v) is 8.43. The predicted octanol–water partition coefficient (Wildman–Crippen LogP) is 3.66. The molecule has 9 heteroatoms. The van der Waals surface area contributed by atoms with E-state index in [2.05, 4.69) is 25.3 Å². The molecule has 130 valence electrons. The molecule has 0 aliphatic carbocycles. The lowest BCUT2D eigenvalue weighted by atomic mass is 10.1. The maximum absolute atomic E-state index is 6.23. The van der Waals surface area contributed by atoms with Gasteiger partial charge in [0.05, 0.1) is 28.5 Å². The Morgan fingerprint density at radius 3 is 2.69 bits per heavy atom. The molecule has 2 aromatic carbocycles. The molecule has 0 radical (unpaired) electrons. The molecule has 4 aromatic rings. The number of hydrogen-bond donors (Lipinski definition) is 3. The van der Waals surface area contributed by atoms with E-state index in [4.69, 9.17) is 34.7 Å². The number of nitrogens with zero attached hydrogens (tertiary/aromatic N) is 4. The van der Waals surface area contributed by atoms with Gasteiger partial charge in [0.15, 0.2) is 17.0 Å². The van der Waals surface area contributed by atoms with Crippen molar-refractivity contribution in [2.45, 2.75) is 6.54 Å². The molecule has 0 saturated heterocycles. The molecule has 4 rings (SSSR count). The second-order valence-corrected chi connectivity index (χ2v) is 6.44. The number of fused-ring (bicyclic) bond motifs is 2. The Morgan fingerprint density at radius 1 is 1.00 bits per heavy atom. The topological polar surface area (TPSA) is 116 Å². The minimum absolute atomic E-state index is 0.0742. The molecule has 0 spiro atoms. The van der Waals surface area contributed by atoms with Gasteiger partial charge >= 0.3 is 0 Å². The minimum atomic E-state index is 0.0742. The second-order valence-electron chi connectivity index (χ2n) is 5.65. The van der Waals surface area contributed by atoms with Gasteiger partial charge < -0.3 is 16.8 Å². The average molecular weight is 386 g/mol. The minimum Gasteiger partial charge on any atom is -0.382 e. The molecule has 26 heavy (non-hydrogen) atoms. The summed E-state index contributed by atoms with van der Waals surface area (Å²) in [6, 6.07) is 9.54. The number of aromatic nitrogens is 4. The van der Waals surface area contributed by atoms with E-state index in [0.717, 1.165) is 16.5 Å². The van der Waals surface area contributed by atoms with Crippen molar-refractivity contribution in [3.05, 3.63) is 52.3 Å². The Morgan fingerprint density at radius 2 is 1.85 bits per heavy atom. The van der Waals surface area contributed by atoms with Crippen molar-refractivity contribution in [2.24, 2.45) is 0 Å². The van der Waals surface area contributed by atoms with Gasteiger partial charge in [0.2, 0.25) is 5.95 Å². The fourth-order valence-corrected chi connectivity index (χ4v) is 3.04. The van der Waals surface area contributed by atoms with Crippen molar-refractivity contribution >= 4 is 62.6 Å². The highest BCUT2D eigenvalue weighted by Gasteiger charge is 2.08. The highest BCUT2D eigenvalue weighted by molar-refractivity contribution is 6.45. The van der Waals surface area contributed by atoms with E-state index in [-0.39, 0.29) is 11.8 Å². The highest BCUT2D eigenvalue weighted by atomic mass is 35.5. The van der Waals surface area contributed by atoms with Gasteiger partial charge in [-0.1, -0.05) is 35.3 Å². The van der Waals surface area contributed by atoms with Gasteiger partial charge in [0.1, 0.15) is 0 Å². The Hall–Kier alpha value is -2.90. The lowest BCUT2D eigenvalue weighted by Crippen LogP contribution is -2.07. The van der Waals surface area contributed by atoms with Gasteiger partial charge in [-0.2, -0.15) is 9.97 Å². The van der Waals surface area contributed by atoms with Gasteiger partial charge in [-0.3, -0.25) is 0 Å². The van der Waals surface area contributed by atoms with Crippen molar-refractivity contribution in [3.8, 4) is 0 Å². The number of anilines is 3. The first-order valence-electron chi connectivity index (χ1n) is 7.67. The number of benzene rings is 2. The van der Waals surface area contributed by atoms with Gasteiger partial charge in [-0.05, 0) is 23.6 Å². The predicted molar refractivity (Wildman–Crippen MR) is 105 cm³/mol. The van der Waals surface area contributed by atoms with Crippen LogP contribution in [-0.4, -0.2) is 19.9 Å². The van der Waals surface area contributed by atoms with Crippen molar-refractivity contribution in [3.63, 3.8) is 0 Å². The zero-order valence-corrected chi connectivity index (χ0v) is 14.9. The molecular formula is C17H13Cl2N7. The number of halogens is 2. The number of hydrogen-bond acceptors (Lipinski definition) is 7. The molecule has 0 unspecified atom stereocenters. The normalized spacial score (nSPS) is 11.2. The molecule has 2 heterocycles. The first kappa shape index (κ1) is 16.6. The Balaban J connectivity index is 1.60. The average Bonchev–Trinajstić information content (AvgIpc) is 2.63. The fourth-order valence-electron chi connectivity index (χ4n) is 2.64. The lowest BCUT2D eigenvalue weighted by Gasteiger charge is -2.09. The summed E-state index contributed by atoms with van der Waals surface area (Å²) in [5.41, 5.74) is 13.8. The van der Waals surface area contributed by atoms with Crippen LogP contribution in [0.4, 0.5) is 17.5 Å². The van der Waals surface area contributed by atoms with E-state index in [1.165, 1.54) is 0 Å². The van der Waals surface area contributed by atoms with E-state index in [1.54, 1.807) is 12.3 Å². The number of nitrogens with two attached hydrogens (primary N) is 2. The van der Waals surface area contributed by atoms with Crippen LogP contribution in [0.15, 0.2) is 36.5 Å². The summed E-state index contributed by atoms with van der Waals surface area (Å²) in [7, 11) is 0. The van der Waals surface area contributed by atoms with Gasteiger partial charge in [0, 0.05) is 11.1 Å². The monoisotopic (exact) mass is 385 g/mol. The van der Waals surface area contributed by atoms with Crippen LogP contribution in [0, 0.1) is 0 Å². The molecule has 0 amide bonds. The summed E-state index contributed by atoms with van der Waals surface area (Å²) in [5.74, 6) is 0.282. The molecule has 0 aliphatic heterocycles. The van der Waals surface area contributed by atoms with Gasteiger partial charge in [-0.25, -0.2) is 9.97 Å². The van der Waals surface area contributed by atoms with E-state index in [0.29, 0.717) is 33.4 Å². The van der Waals surface area contributed by atoms with Crippen LogP contribution >= 0.6 is 23.2 Å². The molecule has 7 nitrogen and oxygen atoms in total. The zero-order valence-electron chi connectivity index (χ0n) is 13.4. The molecule has 2 aromatic heterocycles. The fraction of sp³-hybridized carbons (Fsp3) is 0.0588. The summed E-state index contributed by atoms with van der Waals surface area (Å²) in [6.45, 7) is 0.458. The molecule has 0 atom stereocenters. The standard InChI is InChI=1S/C17H13Cl2N7/c18-12-4-1-8-5-9(2-3-11(8)13(12)19)22-6-10-7-23-16-14(24-10)15(20)25-17(21)26-16/h1-5,7,22H,6H2,(H4,20,21,23,25,26). The van der Waals surface area contributed by atoms with Crippen molar-refractivity contribution in [2.75, 3.05) is 16.8 Å². The summed E-state index contributed by atoms with van der Waals surface area (Å²) >= 11 is 12.3. The molecule has 5 N–H and O–H groups in total. The maximum atomic E-state index is 6.23. The first-order chi connectivity index (χ1) is 12.5. The number of nitrogen functional groups attached to an aromatic ring is 2. The zero-order chi connectivity index (χ0) is 18.3. The third kappa shape index (κ3) is 3.02. The van der Waals surface area contributed by atoms with Crippen LogP contribution in [-0.2, 0) is 6.54 Å². The Bertz CT molecular complexity index is 1150. The number of rotatable bonds is 3. The van der Waals surface area contributed by atoms with E-state index >= 15 is 0 Å². The summed E-state index contributed by atoms with van der Waals surface area (Å²) in [5, 5.41) is 6.27. The smallest absolute Gasteiger partial charge is 0.224 e. The largest absolute Gasteiger partial charge is 0.382 e. The summed E-state index contributed by atoms with van der Waals surface area (Å²) < 4.78 is 0. The SMILES string of the molecule is Nc1nc(N)c2nc(CNc3ccc4c(Cl)c(Cl)ccc4c3)cnc2n1. The third-order valence-electron chi connectivity index (χ3n) is 3.88. The Kier molecular flexibility index (Phi) is 4.10. The Labute approximate surface area is 158 Å². The molecule has 0 fully saturated rings. The summed E-state index contributed by atoms with van der Waals surface area (Å²) in [6.07, 6.45) is 1.62. The van der Waals surface area contributed by atoms with Crippen molar-refractivity contribution in [1.29, 1.82) is 0 Å². The molecule has 0 saturated carbocycles. The van der Waals surface area contributed by atoms with Crippen molar-refractivity contribution in [1.82, 2.24) is 19.9 Å². The quantitative estimate of drug-likeness (QED) is 0.492. The molecule has 0 bridgehead atoms. The van der Waals surface area contributed by atoms with Gasteiger partial charge in [0.25, 0.3) is 0 Å². The number of nitrogens with one attached hydrogen (secondary N) is 1. The summed E-state index contributed by atoms with van der Waals surface area (Å²) in [4.78, 5) is 16.6. The maximum Gasteiger partial charge on any atom is 0.224 e. The third-order valence-corrected chi connectivity index (χ3v) is 4.70. The van der Waals surface area contributed by atoms with E-state index < -0.39 is 0 Å². The van der Waals surface area contributed by atoms with Gasteiger partial charge in [-0.15, -0.1) is 0 Å². The van der Waals surface area contributed by atoms with Crippen LogP contribution in [0.1, 0.15) is 5.69 Å². The van der Waals surface area contributed by atoms with Crippen LogP contribution in [0.25, 0.3) is 21.9 Å². The van der Waals surface area contributed by atoms with Crippen LogP contribution in [0.5, 0.6) is 0 Å². The van der Waals surface area contributed by atoms with Crippen molar-refractivity contribution < 1.29 is 0 Å². The lowest BCUT2D eigenvalue weighted by molar-refractivity contribution is 1.03. The van der Waals surface area contributed by atoms with Crippen LogP contribution in [0.3, 0.4) is 0 Å². The molecular weight excluding hydrogens is 373 g/mol. The van der Waals surface area contributed by atoms with E-state index in [9.17, 15) is 0 Å². The van der Waals surface area contributed by atoms with Crippen LogP contribution < -0.4 is 16.8 Å².